The van der Waals surface area contributed by atoms with Gasteiger partial charge in [0.15, 0.2) is 5.16 Å². The van der Waals surface area contributed by atoms with Gasteiger partial charge in [0.05, 0.1) is 23.7 Å². The van der Waals surface area contributed by atoms with E-state index in [0.717, 1.165) is 34.3 Å². The summed E-state index contributed by atoms with van der Waals surface area (Å²) in [6, 6.07) is 10.8. The van der Waals surface area contributed by atoms with Crippen molar-refractivity contribution in [3.05, 3.63) is 64.2 Å². The van der Waals surface area contributed by atoms with Crippen molar-refractivity contribution < 1.29 is 4.79 Å². The molecule has 2 aromatic heterocycles. The number of thioether (sulfide) groups is 1. The second-order valence-electron chi connectivity index (χ2n) is 8.73. The molecule has 1 N–H and O–H groups in total. The molecule has 1 amide bonds. The maximum absolute atomic E-state index is 12.6. The number of nitrogens with one attached hydrogen (secondary N) is 1. The Morgan fingerprint density at radius 3 is 2.50 bits per heavy atom. The summed E-state index contributed by atoms with van der Waals surface area (Å²) in [5, 5.41) is 8.76. The van der Waals surface area contributed by atoms with Gasteiger partial charge in [-0.05, 0) is 46.1 Å². The first-order valence-electron chi connectivity index (χ1n) is 11.5. The van der Waals surface area contributed by atoms with E-state index in [1.807, 2.05) is 29.8 Å². The molecule has 0 unspecified atom stereocenters. The van der Waals surface area contributed by atoms with Crippen LogP contribution in [-0.4, -0.2) is 31.0 Å². The minimum atomic E-state index is 0.0286. The zero-order valence-electron chi connectivity index (χ0n) is 19.5. The number of rotatable bonds is 8. The van der Waals surface area contributed by atoms with Gasteiger partial charge in [-0.15, -0.1) is 0 Å². The van der Waals surface area contributed by atoms with Gasteiger partial charge in [0.25, 0.3) is 0 Å². The molecule has 1 aliphatic rings. The van der Waals surface area contributed by atoms with Crippen LogP contribution in [0.3, 0.4) is 0 Å². The molecule has 170 valence electrons. The van der Waals surface area contributed by atoms with E-state index in [1.165, 1.54) is 36.9 Å². The Kier molecular flexibility index (Phi) is 7.04. The average molecular weight is 452 g/mol. The van der Waals surface area contributed by atoms with E-state index in [-0.39, 0.29) is 5.91 Å². The molecule has 1 saturated carbocycles. The van der Waals surface area contributed by atoms with Crippen molar-refractivity contribution in [3.63, 3.8) is 0 Å². The molecule has 0 saturated heterocycles. The summed E-state index contributed by atoms with van der Waals surface area (Å²) in [5.74, 6) is 0.402. The molecule has 4 rings (SSSR count). The van der Waals surface area contributed by atoms with Crippen LogP contribution in [0.1, 0.15) is 65.6 Å². The van der Waals surface area contributed by atoms with Crippen molar-refractivity contribution in [2.75, 3.05) is 5.75 Å². The van der Waals surface area contributed by atoms with Crippen molar-refractivity contribution in [2.45, 2.75) is 77.7 Å². The van der Waals surface area contributed by atoms with Crippen LogP contribution in [-0.2, 0) is 17.9 Å². The highest BCUT2D eigenvalue weighted by atomic mass is 32.2. The fraction of sp³-hybridized carbons (Fsp3) is 0.480. The van der Waals surface area contributed by atoms with Gasteiger partial charge in [0.1, 0.15) is 0 Å². The summed E-state index contributed by atoms with van der Waals surface area (Å²) in [6.45, 7) is 9.52. The highest BCUT2D eigenvalue weighted by molar-refractivity contribution is 7.99. The fourth-order valence-electron chi connectivity index (χ4n) is 4.56. The van der Waals surface area contributed by atoms with E-state index in [9.17, 15) is 4.79 Å². The quantitative estimate of drug-likeness (QED) is 0.496. The minimum absolute atomic E-state index is 0.0286. The Hall–Kier alpha value is -2.54. The molecule has 3 aromatic rings. The number of hydrogen-bond acceptors (Lipinski definition) is 4. The second-order valence-corrected chi connectivity index (χ2v) is 9.67. The Morgan fingerprint density at radius 1 is 1.06 bits per heavy atom. The summed E-state index contributed by atoms with van der Waals surface area (Å²) in [6.07, 6.45) is 4.98. The minimum Gasteiger partial charge on any atom is -0.351 e. The van der Waals surface area contributed by atoms with Gasteiger partial charge in [0.2, 0.25) is 5.91 Å². The third-order valence-corrected chi connectivity index (χ3v) is 7.50. The van der Waals surface area contributed by atoms with E-state index < -0.39 is 0 Å². The van der Waals surface area contributed by atoms with Gasteiger partial charge >= 0.3 is 0 Å². The van der Waals surface area contributed by atoms with Crippen LogP contribution in [0.2, 0.25) is 0 Å². The lowest BCUT2D eigenvalue weighted by atomic mass is 10.2. The van der Waals surface area contributed by atoms with Crippen LogP contribution in [0.4, 0.5) is 0 Å². The number of amides is 1. The normalized spacial score (nSPS) is 14.2. The molecular formula is C25H33N5OS. The molecule has 1 aliphatic carbocycles. The first-order valence-corrected chi connectivity index (χ1v) is 12.4. The summed E-state index contributed by atoms with van der Waals surface area (Å²) in [4.78, 5) is 17.4. The van der Waals surface area contributed by atoms with Crippen LogP contribution in [0, 0.1) is 27.7 Å². The lowest BCUT2D eigenvalue weighted by Gasteiger charge is -2.16. The Labute approximate surface area is 194 Å². The molecule has 7 heteroatoms. The molecule has 0 spiro atoms. The maximum atomic E-state index is 12.6. The number of carbonyl (C=O) groups is 1. The molecule has 2 heterocycles. The SMILES string of the molecule is Cc1nn(Cc2ccccc2)c(C)c1CNC(=O)CSc1nc(C)c(C)n1C1CCCC1. The number of hydrogen-bond donors (Lipinski definition) is 1. The number of benzene rings is 1. The monoisotopic (exact) mass is 451 g/mol. The van der Waals surface area contributed by atoms with Crippen molar-refractivity contribution in [1.82, 2.24) is 24.6 Å². The number of aromatic nitrogens is 4. The third kappa shape index (κ3) is 4.93. The summed E-state index contributed by atoms with van der Waals surface area (Å²) in [5.41, 5.74) is 6.68. The second kappa shape index (κ2) is 9.94. The standard InChI is InChI=1S/C25H33N5OS/c1-17-19(3)30(22-12-8-9-13-22)25(27-17)32-16-24(31)26-14-23-18(2)28-29(20(23)4)15-21-10-6-5-7-11-21/h5-7,10-11,22H,8-9,12-16H2,1-4H3,(H,26,31). The van der Waals surface area contributed by atoms with E-state index >= 15 is 0 Å². The summed E-state index contributed by atoms with van der Waals surface area (Å²) in [7, 11) is 0. The first-order chi connectivity index (χ1) is 15.4. The smallest absolute Gasteiger partial charge is 0.230 e. The predicted octanol–water partition coefficient (Wildman–Crippen LogP) is 4.89. The van der Waals surface area contributed by atoms with Crippen molar-refractivity contribution in [3.8, 4) is 0 Å². The Balaban J connectivity index is 1.36. The number of carbonyl (C=O) groups excluding carboxylic acids is 1. The average Bonchev–Trinajstić information content (AvgIpc) is 3.46. The molecule has 0 radical (unpaired) electrons. The van der Waals surface area contributed by atoms with Crippen molar-refractivity contribution in [2.24, 2.45) is 0 Å². The zero-order valence-corrected chi connectivity index (χ0v) is 20.3. The summed E-state index contributed by atoms with van der Waals surface area (Å²) < 4.78 is 4.38. The number of imidazole rings is 1. The molecule has 0 atom stereocenters. The fourth-order valence-corrected chi connectivity index (χ4v) is 5.55. The Morgan fingerprint density at radius 2 is 1.78 bits per heavy atom. The van der Waals surface area contributed by atoms with Crippen LogP contribution < -0.4 is 5.32 Å². The third-order valence-electron chi connectivity index (χ3n) is 6.55. The van der Waals surface area contributed by atoms with Crippen LogP contribution in [0.15, 0.2) is 35.5 Å². The molecular weight excluding hydrogens is 418 g/mol. The zero-order chi connectivity index (χ0) is 22.7. The van der Waals surface area contributed by atoms with E-state index in [4.69, 9.17) is 10.1 Å². The lowest BCUT2D eigenvalue weighted by molar-refractivity contribution is -0.118. The van der Waals surface area contributed by atoms with Crippen molar-refractivity contribution >= 4 is 17.7 Å². The highest BCUT2D eigenvalue weighted by Gasteiger charge is 2.23. The van der Waals surface area contributed by atoms with Gasteiger partial charge < -0.3 is 9.88 Å². The van der Waals surface area contributed by atoms with Gasteiger partial charge in [0, 0.05) is 29.5 Å². The molecule has 0 aliphatic heterocycles. The van der Waals surface area contributed by atoms with Crippen molar-refractivity contribution in [1.29, 1.82) is 0 Å². The predicted molar refractivity (Wildman–Crippen MR) is 129 cm³/mol. The van der Waals surface area contributed by atoms with Gasteiger partial charge in [-0.1, -0.05) is 54.9 Å². The molecule has 32 heavy (non-hydrogen) atoms. The largest absolute Gasteiger partial charge is 0.351 e. The number of nitrogens with zero attached hydrogens (tertiary/aromatic N) is 4. The summed E-state index contributed by atoms with van der Waals surface area (Å²) >= 11 is 1.55. The topological polar surface area (TPSA) is 64.7 Å². The van der Waals surface area contributed by atoms with Crippen LogP contribution in [0.25, 0.3) is 0 Å². The van der Waals surface area contributed by atoms with Crippen LogP contribution >= 0.6 is 11.8 Å². The van der Waals surface area contributed by atoms with Gasteiger partial charge in [-0.25, -0.2) is 4.98 Å². The van der Waals surface area contributed by atoms with E-state index in [1.54, 1.807) is 11.8 Å². The maximum Gasteiger partial charge on any atom is 0.230 e. The first kappa shape index (κ1) is 22.6. The molecule has 0 bridgehead atoms. The molecule has 6 nitrogen and oxygen atoms in total. The van der Waals surface area contributed by atoms with Gasteiger partial charge in [-0.3, -0.25) is 9.48 Å². The lowest BCUT2D eigenvalue weighted by Crippen LogP contribution is -2.25. The van der Waals surface area contributed by atoms with Crippen LogP contribution in [0.5, 0.6) is 0 Å². The molecule has 1 fully saturated rings. The van der Waals surface area contributed by atoms with E-state index in [2.05, 4.69) is 42.8 Å². The Bertz CT molecular complexity index is 1080. The number of aryl methyl sites for hydroxylation is 2. The highest BCUT2D eigenvalue weighted by Crippen LogP contribution is 2.35. The van der Waals surface area contributed by atoms with E-state index in [0.29, 0.717) is 18.3 Å². The van der Waals surface area contributed by atoms with Gasteiger partial charge in [-0.2, -0.15) is 5.10 Å². The molecule has 1 aromatic carbocycles.